The van der Waals surface area contributed by atoms with Crippen LogP contribution in [0.1, 0.15) is 23.7 Å². The van der Waals surface area contributed by atoms with Crippen LogP contribution in [-0.4, -0.2) is 17.7 Å². The van der Waals surface area contributed by atoms with E-state index < -0.39 is 5.91 Å². The van der Waals surface area contributed by atoms with Crippen molar-refractivity contribution in [3.8, 4) is 5.75 Å². The predicted molar refractivity (Wildman–Crippen MR) is 51.5 cm³/mol. The molecule has 14 heavy (non-hydrogen) atoms. The fraction of sp³-hybridized carbons (Fsp3) is 0.300. The number of rotatable bonds is 4. The van der Waals surface area contributed by atoms with Gasteiger partial charge < -0.3 is 4.74 Å². The number of hydroxylamine groups is 1. The summed E-state index contributed by atoms with van der Waals surface area (Å²) in [4.78, 5) is 11.0. The van der Waals surface area contributed by atoms with Gasteiger partial charge in [0.25, 0.3) is 5.91 Å². The molecule has 1 aromatic rings. The molecule has 0 saturated heterocycles. The van der Waals surface area contributed by atoms with Gasteiger partial charge >= 0.3 is 0 Å². The molecule has 76 valence electrons. The molecule has 0 aliphatic rings. The first-order valence-corrected chi connectivity index (χ1v) is 4.45. The third-order valence-electron chi connectivity index (χ3n) is 1.67. The van der Waals surface area contributed by atoms with Crippen molar-refractivity contribution < 1.29 is 14.7 Å². The average molecular weight is 195 g/mol. The van der Waals surface area contributed by atoms with Crippen LogP contribution in [-0.2, 0) is 0 Å². The third-order valence-corrected chi connectivity index (χ3v) is 1.67. The molecule has 0 aromatic heterocycles. The maximum atomic E-state index is 11.0. The largest absolute Gasteiger partial charge is 0.494 e. The van der Waals surface area contributed by atoms with E-state index in [9.17, 15) is 4.79 Å². The van der Waals surface area contributed by atoms with E-state index in [-0.39, 0.29) is 0 Å². The Morgan fingerprint density at radius 1 is 1.57 bits per heavy atom. The van der Waals surface area contributed by atoms with E-state index in [0.29, 0.717) is 17.9 Å². The second-order valence-corrected chi connectivity index (χ2v) is 2.82. The predicted octanol–water partition coefficient (Wildman–Crippen LogP) is 1.59. The first kappa shape index (κ1) is 10.5. The summed E-state index contributed by atoms with van der Waals surface area (Å²) in [5.41, 5.74) is 1.95. The molecule has 2 N–H and O–H groups in total. The molecule has 0 spiro atoms. The number of hydrogen-bond donors (Lipinski definition) is 2. The third kappa shape index (κ3) is 2.74. The Kier molecular flexibility index (Phi) is 3.94. The summed E-state index contributed by atoms with van der Waals surface area (Å²) in [6.45, 7) is 2.62. The van der Waals surface area contributed by atoms with Crippen LogP contribution in [0.5, 0.6) is 5.75 Å². The highest BCUT2D eigenvalue weighted by atomic mass is 16.5. The zero-order valence-corrected chi connectivity index (χ0v) is 7.99. The second-order valence-electron chi connectivity index (χ2n) is 2.82. The van der Waals surface area contributed by atoms with E-state index in [4.69, 9.17) is 9.94 Å². The molecule has 0 aliphatic carbocycles. The summed E-state index contributed by atoms with van der Waals surface area (Å²) in [6, 6.07) is 6.66. The first-order valence-electron chi connectivity index (χ1n) is 4.45. The SMILES string of the molecule is CCCOc1cccc(C(=O)NO)c1. The lowest BCUT2D eigenvalue weighted by Gasteiger charge is -2.05. The van der Waals surface area contributed by atoms with Gasteiger partial charge in [-0.1, -0.05) is 13.0 Å². The van der Waals surface area contributed by atoms with Crippen LogP contribution in [0.25, 0.3) is 0 Å². The Morgan fingerprint density at radius 3 is 3.00 bits per heavy atom. The minimum Gasteiger partial charge on any atom is -0.494 e. The quantitative estimate of drug-likeness (QED) is 0.566. The molecule has 0 radical (unpaired) electrons. The number of benzene rings is 1. The van der Waals surface area contributed by atoms with E-state index in [1.165, 1.54) is 0 Å². The Labute approximate surface area is 82.5 Å². The average Bonchev–Trinajstić information content (AvgIpc) is 2.25. The highest BCUT2D eigenvalue weighted by molar-refractivity contribution is 5.93. The van der Waals surface area contributed by atoms with Crippen molar-refractivity contribution >= 4 is 5.91 Å². The van der Waals surface area contributed by atoms with Crippen LogP contribution in [0, 0.1) is 0 Å². The Balaban J connectivity index is 2.73. The highest BCUT2D eigenvalue weighted by Crippen LogP contribution is 2.13. The lowest BCUT2D eigenvalue weighted by Crippen LogP contribution is -2.18. The van der Waals surface area contributed by atoms with Crippen molar-refractivity contribution in [1.29, 1.82) is 0 Å². The van der Waals surface area contributed by atoms with Crippen LogP contribution >= 0.6 is 0 Å². The van der Waals surface area contributed by atoms with Crippen molar-refractivity contribution in [1.82, 2.24) is 5.48 Å². The topological polar surface area (TPSA) is 58.6 Å². The van der Waals surface area contributed by atoms with Gasteiger partial charge in [-0.3, -0.25) is 10.0 Å². The van der Waals surface area contributed by atoms with Crippen molar-refractivity contribution in [2.45, 2.75) is 13.3 Å². The number of hydrogen-bond acceptors (Lipinski definition) is 3. The smallest absolute Gasteiger partial charge is 0.274 e. The standard InChI is InChI=1S/C10H13NO3/c1-2-6-14-9-5-3-4-8(7-9)10(12)11-13/h3-5,7,13H,2,6H2,1H3,(H,11,12). The lowest BCUT2D eigenvalue weighted by atomic mass is 10.2. The summed E-state index contributed by atoms with van der Waals surface area (Å²) < 4.78 is 5.33. The maximum absolute atomic E-state index is 11.0. The monoisotopic (exact) mass is 195 g/mol. The lowest BCUT2D eigenvalue weighted by molar-refractivity contribution is 0.0706. The molecule has 0 atom stereocenters. The van der Waals surface area contributed by atoms with Gasteiger partial charge in [-0.05, 0) is 24.6 Å². The molecule has 0 fully saturated rings. The molecule has 1 aromatic carbocycles. The normalized spacial score (nSPS) is 9.57. The van der Waals surface area contributed by atoms with Gasteiger partial charge in [-0.15, -0.1) is 0 Å². The second kappa shape index (κ2) is 5.24. The van der Waals surface area contributed by atoms with Crippen molar-refractivity contribution in [3.05, 3.63) is 29.8 Å². The number of carbonyl (C=O) groups is 1. The summed E-state index contributed by atoms with van der Waals surface area (Å²) >= 11 is 0. The van der Waals surface area contributed by atoms with Crippen LogP contribution in [0.15, 0.2) is 24.3 Å². The van der Waals surface area contributed by atoms with Gasteiger partial charge in [0.05, 0.1) is 6.61 Å². The zero-order chi connectivity index (χ0) is 10.4. The Bertz CT molecular complexity index is 312. The fourth-order valence-electron chi connectivity index (χ4n) is 1.01. The van der Waals surface area contributed by atoms with Gasteiger partial charge in [0.15, 0.2) is 0 Å². The molecular formula is C10H13NO3. The van der Waals surface area contributed by atoms with E-state index in [2.05, 4.69) is 0 Å². The van der Waals surface area contributed by atoms with Gasteiger partial charge in [0, 0.05) is 5.56 Å². The zero-order valence-electron chi connectivity index (χ0n) is 7.99. The summed E-state index contributed by atoms with van der Waals surface area (Å²) in [5.74, 6) is 0.0971. The van der Waals surface area contributed by atoms with Crippen LogP contribution in [0.4, 0.5) is 0 Å². The molecule has 0 heterocycles. The molecule has 0 saturated carbocycles. The van der Waals surface area contributed by atoms with Gasteiger partial charge in [-0.25, -0.2) is 5.48 Å². The van der Waals surface area contributed by atoms with Crippen LogP contribution < -0.4 is 10.2 Å². The summed E-state index contributed by atoms with van der Waals surface area (Å²) in [7, 11) is 0. The molecule has 1 rings (SSSR count). The number of ether oxygens (including phenoxy) is 1. The Hall–Kier alpha value is -1.55. The van der Waals surface area contributed by atoms with Crippen LogP contribution in [0.3, 0.4) is 0 Å². The minimum absolute atomic E-state index is 0.376. The molecule has 4 heteroatoms. The van der Waals surface area contributed by atoms with E-state index in [1.54, 1.807) is 29.7 Å². The molecule has 0 unspecified atom stereocenters. The van der Waals surface area contributed by atoms with Crippen molar-refractivity contribution in [2.24, 2.45) is 0 Å². The van der Waals surface area contributed by atoms with Crippen molar-refractivity contribution in [2.75, 3.05) is 6.61 Å². The van der Waals surface area contributed by atoms with Crippen LogP contribution in [0.2, 0.25) is 0 Å². The Morgan fingerprint density at radius 2 is 2.36 bits per heavy atom. The minimum atomic E-state index is -0.535. The summed E-state index contributed by atoms with van der Waals surface area (Å²) in [5, 5.41) is 8.41. The number of carbonyl (C=O) groups excluding carboxylic acids is 1. The van der Waals surface area contributed by atoms with E-state index >= 15 is 0 Å². The van der Waals surface area contributed by atoms with Gasteiger partial charge in [-0.2, -0.15) is 0 Å². The molecule has 0 bridgehead atoms. The number of amides is 1. The van der Waals surface area contributed by atoms with Gasteiger partial charge in [0.1, 0.15) is 5.75 Å². The molecular weight excluding hydrogens is 182 g/mol. The number of nitrogens with one attached hydrogen (secondary N) is 1. The van der Waals surface area contributed by atoms with E-state index in [1.807, 2.05) is 6.92 Å². The maximum Gasteiger partial charge on any atom is 0.274 e. The molecule has 1 amide bonds. The molecule has 0 aliphatic heterocycles. The highest BCUT2D eigenvalue weighted by Gasteiger charge is 2.04. The summed E-state index contributed by atoms with van der Waals surface area (Å²) in [6.07, 6.45) is 0.913. The van der Waals surface area contributed by atoms with Gasteiger partial charge in [0.2, 0.25) is 0 Å². The van der Waals surface area contributed by atoms with E-state index in [0.717, 1.165) is 6.42 Å². The fourth-order valence-corrected chi connectivity index (χ4v) is 1.01. The van der Waals surface area contributed by atoms with Crippen molar-refractivity contribution in [3.63, 3.8) is 0 Å². The first-order chi connectivity index (χ1) is 6.77. The molecule has 4 nitrogen and oxygen atoms in total.